The molecule has 1 aromatic carbocycles. The van der Waals surface area contributed by atoms with Crippen molar-refractivity contribution in [2.24, 2.45) is 0 Å². The average Bonchev–Trinajstić information content (AvgIpc) is 2.73. The van der Waals surface area contributed by atoms with Crippen molar-refractivity contribution in [3.63, 3.8) is 0 Å². The molecule has 1 aliphatic rings. The predicted octanol–water partition coefficient (Wildman–Crippen LogP) is 2.44. The Morgan fingerprint density at radius 1 is 1.18 bits per heavy atom. The Kier molecular flexibility index (Phi) is 2.32. The van der Waals surface area contributed by atoms with Gasteiger partial charge in [0, 0.05) is 37.2 Å². The second kappa shape index (κ2) is 3.84. The lowest BCUT2D eigenvalue weighted by Gasteiger charge is -2.13. The van der Waals surface area contributed by atoms with Gasteiger partial charge in [0.25, 0.3) is 0 Å². The standard InChI is InChI=1S/C14H15N3/c1-10-15-8-11(9-16-10)12-4-3-5-14-13(12)6-7-17(14)2/h3-5,8-9H,6-7H2,1-2H3. The summed E-state index contributed by atoms with van der Waals surface area (Å²) in [6.07, 6.45) is 4.93. The summed E-state index contributed by atoms with van der Waals surface area (Å²) < 4.78 is 0. The van der Waals surface area contributed by atoms with Crippen LogP contribution < -0.4 is 4.90 Å². The Hall–Kier alpha value is -1.90. The number of hydrogen-bond donors (Lipinski definition) is 0. The smallest absolute Gasteiger partial charge is 0.125 e. The molecule has 0 amide bonds. The van der Waals surface area contributed by atoms with Gasteiger partial charge >= 0.3 is 0 Å². The molecule has 3 rings (SSSR count). The van der Waals surface area contributed by atoms with E-state index < -0.39 is 0 Å². The number of benzene rings is 1. The third-order valence-corrected chi connectivity index (χ3v) is 3.35. The summed E-state index contributed by atoms with van der Waals surface area (Å²) in [6.45, 7) is 3.01. The van der Waals surface area contributed by atoms with Crippen molar-refractivity contribution in [2.75, 3.05) is 18.5 Å². The second-order valence-corrected chi connectivity index (χ2v) is 4.49. The van der Waals surface area contributed by atoms with Gasteiger partial charge in [-0.2, -0.15) is 0 Å². The van der Waals surface area contributed by atoms with E-state index in [4.69, 9.17) is 0 Å². The third kappa shape index (κ3) is 1.68. The van der Waals surface area contributed by atoms with Crippen LogP contribution >= 0.6 is 0 Å². The van der Waals surface area contributed by atoms with E-state index in [1.54, 1.807) is 0 Å². The molecular formula is C14H15N3. The van der Waals surface area contributed by atoms with Crippen molar-refractivity contribution in [2.45, 2.75) is 13.3 Å². The van der Waals surface area contributed by atoms with Gasteiger partial charge in [-0.05, 0) is 30.5 Å². The summed E-state index contributed by atoms with van der Waals surface area (Å²) in [5.41, 5.74) is 5.14. The van der Waals surface area contributed by atoms with Crippen LogP contribution in [0.4, 0.5) is 5.69 Å². The van der Waals surface area contributed by atoms with Crippen molar-refractivity contribution in [1.29, 1.82) is 0 Å². The minimum Gasteiger partial charge on any atom is -0.374 e. The van der Waals surface area contributed by atoms with E-state index in [1.807, 2.05) is 19.3 Å². The van der Waals surface area contributed by atoms with E-state index in [9.17, 15) is 0 Å². The highest BCUT2D eigenvalue weighted by Crippen LogP contribution is 2.34. The normalized spacial score (nSPS) is 13.9. The number of fused-ring (bicyclic) bond motifs is 1. The molecule has 0 radical (unpaired) electrons. The molecule has 0 atom stereocenters. The summed E-state index contributed by atoms with van der Waals surface area (Å²) in [5.74, 6) is 0.818. The van der Waals surface area contributed by atoms with Crippen LogP contribution in [0.25, 0.3) is 11.1 Å². The van der Waals surface area contributed by atoms with Crippen LogP contribution in [0.15, 0.2) is 30.6 Å². The van der Waals surface area contributed by atoms with Gasteiger partial charge in [0.05, 0.1) is 0 Å². The molecule has 1 aromatic heterocycles. The molecule has 0 bridgehead atoms. The van der Waals surface area contributed by atoms with Crippen LogP contribution in [-0.4, -0.2) is 23.6 Å². The molecule has 0 N–H and O–H groups in total. The SMILES string of the molecule is Cc1ncc(-c2cccc3c2CCN3C)cn1. The zero-order valence-electron chi connectivity index (χ0n) is 10.1. The molecule has 0 saturated carbocycles. The largest absolute Gasteiger partial charge is 0.374 e. The van der Waals surface area contributed by atoms with Gasteiger partial charge in [0.1, 0.15) is 5.82 Å². The Morgan fingerprint density at radius 3 is 2.71 bits per heavy atom. The molecule has 3 nitrogen and oxygen atoms in total. The minimum absolute atomic E-state index is 0.818. The van der Waals surface area contributed by atoms with E-state index in [1.165, 1.54) is 16.8 Å². The van der Waals surface area contributed by atoms with Gasteiger partial charge in [0.2, 0.25) is 0 Å². The first-order valence-electron chi connectivity index (χ1n) is 5.88. The Balaban J connectivity index is 2.13. The number of nitrogens with zero attached hydrogens (tertiary/aromatic N) is 3. The quantitative estimate of drug-likeness (QED) is 0.746. The molecule has 2 heterocycles. The third-order valence-electron chi connectivity index (χ3n) is 3.35. The fourth-order valence-corrected chi connectivity index (χ4v) is 2.40. The van der Waals surface area contributed by atoms with Gasteiger partial charge in [-0.1, -0.05) is 12.1 Å². The maximum Gasteiger partial charge on any atom is 0.125 e. The lowest BCUT2D eigenvalue weighted by Crippen LogP contribution is -2.12. The van der Waals surface area contributed by atoms with Crippen LogP contribution in [0.1, 0.15) is 11.4 Å². The molecule has 17 heavy (non-hydrogen) atoms. The van der Waals surface area contributed by atoms with Crippen LogP contribution in [0, 0.1) is 6.92 Å². The van der Waals surface area contributed by atoms with Crippen molar-refractivity contribution in [3.8, 4) is 11.1 Å². The summed E-state index contributed by atoms with van der Waals surface area (Å²) in [6, 6.07) is 6.45. The van der Waals surface area contributed by atoms with E-state index in [0.717, 1.165) is 24.4 Å². The summed E-state index contributed by atoms with van der Waals surface area (Å²) in [5, 5.41) is 0. The highest BCUT2D eigenvalue weighted by molar-refractivity contribution is 5.75. The van der Waals surface area contributed by atoms with Crippen molar-refractivity contribution < 1.29 is 0 Å². The number of anilines is 1. The Labute approximate surface area is 101 Å². The van der Waals surface area contributed by atoms with Crippen LogP contribution in [0.5, 0.6) is 0 Å². The molecule has 0 spiro atoms. The molecular weight excluding hydrogens is 210 g/mol. The number of aromatic nitrogens is 2. The topological polar surface area (TPSA) is 29.0 Å². The predicted molar refractivity (Wildman–Crippen MR) is 69.2 cm³/mol. The fourth-order valence-electron chi connectivity index (χ4n) is 2.40. The monoisotopic (exact) mass is 225 g/mol. The van der Waals surface area contributed by atoms with Gasteiger partial charge in [-0.3, -0.25) is 0 Å². The average molecular weight is 225 g/mol. The lowest BCUT2D eigenvalue weighted by atomic mass is 10.0. The molecule has 0 fully saturated rings. The zero-order chi connectivity index (χ0) is 11.8. The van der Waals surface area contributed by atoms with Gasteiger partial charge < -0.3 is 4.90 Å². The number of rotatable bonds is 1. The van der Waals surface area contributed by atoms with Gasteiger partial charge in [0.15, 0.2) is 0 Å². The number of likely N-dealkylation sites (N-methyl/N-ethyl adjacent to an activating group) is 1. The van der Waals surface area contributed by atoms with Gasteiger partial charge in [-0.15, -0.1) is 0 Å². The van der Waals surface area contributed by atoms with Crippen LogP contribution in [-0.2, 0) is 6.42 Å². The number of aryl methyl sites for hydroxylation is 1. The fraction of sp³-hybridized carbons (Fsp3) is 0.286. The summed E-state index contributed by atoms with van der Waals surface area (Å²) >= 11 is 0. The highest BCUT2D eigenvalue weighted by Gasteiger charge is 2.19. The highest BCUT2D eigenvalue weighted by atomic mass is 15.1. The van der Waals surface area contributed by atoms with Crippen molar-refractivity contribution in [3.05, 3.63) is 42.0 Å². The Bertz CT molecular complexity index is 546. The molecule has 2 aromatic rings. The lowest BCUT2D eigenvalue weighted by molar-refractivity contribution is 0.956. The maximum atomic E-state index is 4.28. The van der Waals surface area contributed by atoms with E-state index in [-0.39, 0.29) is 0 Å². The maximum absolute atomic E-state index is 4.28. The Morgan fingerprint density at radius 2 is 1.94 bits per heavy atom. The first-order valence-corrected chi connectivity index (χ1v) is 5.88. The van der Waals surface area contributed by atoms with Crippen LogP contribution in [0.3, 0.4) is 0 Å². The van der Waals surface area contributed by atoms with E-state index in [2.05, 4.69) is 40.1 Å². The summed E-state index contributed by atoms with van der Waals surface area (Å²) in [4.78, 5) is 10.9. The molecule has 0 saturated heterocycles. The van der Waals surface area contributed by atoms with E-state index in [0.29, 0.717) is 0 Å². The number of hydrogen-bond acceptors (Lipinski definition) is 3. The van der Waals surface area contributed by atoms with Crippen molar-refractivity contribution >= 4 is 5.69 Å². The first kappa shape index (κ1) is 10.3. The van der Waals surface area contributed by atoms with Crippen molar-refractivity contribution in [1.82, 2.24) is 9.97 Å². The molecule has 0 unspecified atom stereocenters. The zero-order valence-corrected chi connectivity index (χ0v) is 10.1. The van der Waals surface area contributed by atoms with E-state index >= 15 is 0 Å². The minimum atomic E-state index is 0.818. The van der Waals surface area contributed by atoms with Crippen LogP contribution in [0.2, 0.25) is 0 Å². The molecule has 3 heteroatoms. The first-order chi connectivity index (χ1) is 8.25. The molecule has 1 aliphatic heterocycles. The van der Waals surface area contributed by atoms with Gasteiger partial charge in [-0.25, -0.2) is 9.97 Å². The molecule has 0 aliphatic carbocycles. The molecule has 86 valence electrons. The second-order valence-electron chi connectivity index (χ2n) is 4.49. The summed E-state index contributed by atoms with van der Waals surface area (Å²) in [7, 11) is 2.14.